The van der Waals surface area contributed by atoms with Crippen molar-refractivity contribution in [1.29, 1.82) is 0 Å². The van der Waals surface area contributed by atoms with Crippen molar-refractivity contribution < 1.29 is 19.4 Å². The molecule has 21 heavy (non-hydrogen) atoms. The first-order chi connectivity index (χ1) is 9.79. The van der Waals surface area contributed by atoms with Gasteiger partial charge in [0.05, 0.1) is 23.9 Å². The lowest BCUT2D eigenvalue weighted by molar-refractivity contribution is -0.209. The van der Waals surface area contributed by atoms with Crippen LogP contribution in [-0.2, 0) is 20.9 Å². The number of rotatable bonds is 4. The maximum atomic E-state index is 11.8. The van der Waals surface area contributed by atoms with Crippen molar-refractivity contribution in [3.63, 3.8) is 0 Å². The highest BCUT2D eigenvalue weighted by Crippen LogP contribution is 2.62. The van der Waals surface area contributed by atoms with E-state index in [0.29, 0.717) is 19.4 Å². The fourth-order valence-corrected chi connectivity index (χ4v) is 3.99. The fraction of sp³-hybridized carbons (Fsp3) is 0.588. The second-order valence-corrected chi connectivity index (χ2v) is 6.98. The summed E-state index contributed by atoms with van der Waals surface area (Å²) in [5, 5.41) is 9.71. The third-order valence-electron chi connectivity index (χ3n) is 5.21. The molecule has 1 N–H and O–H groups in total. The van der Waals surface area contributed by atoms with Gasteiger partial charge in [-0.25, -0.2) is 0 Å². The number of carboxylic acids is 1. The maximum Gasteiger partial charge on any atom is 0.312 e. The van der Waals surface area contributed by atoms with Crippen LogP contribution in [0.2, 0.25) is 0 Å². The summed E-state index contributed by atoms with van der Waals surface area (Å²) in [6.07, 6.45) is 0.849. The Bertz CT molecular complexity index is 553. The first-order valence-corrected chi connectivity index (χ1v) is 7.38. The highest BCUT2D eigenvalue weighted by molar-refractivity contribution is 5.78. The number of hydrogen-bond donors (Lipinski definition) is 1. The Morgan fingerprint density at radius 2 is 2.00 bits per heavy atom. The molecule has 4 nitrogen and oxygen atoms in total. The molecule has 1 aromatic rings. The zero-order valence-electron chi connectivity index (χ0n) is 12.8. The summed E-state index contributed by atoms with van der Waals surface area (Å²) in [6, 6.07) is 9.92. The van der Waals surface area contributed by atoms with Crippen molar-refractivity contribution in [3.05, 3.63) is 35.9 Å². The molecule has 4 heteroatoms. The van der Waals surface area contributed by atoms with Crippen LogP contribution in [0.4, 0.5) is 0 Å². The van der Waals surface area contributed by atoms with Gasteiger partial charge in [0.15, 0.2) is 0 Å². The zero-order valence-corrected chi connectivity index (χ0v) is 12.8. The third kappa shape index (κ3) is 2.09. The minimum Gasteiger partial charge on any atom is -0.481 e. The van der Waals surface area contributed by atoms with Crippen molar-refractivity contribution >= 4 is 5.97 Å². The van der Waals surface area contributed by atoms with Gasteiger partial charge in [0.1, 0.15) is 5.41 Å². The van der Waals surface area contributed by atoms with Crippen molar-refractivity contribution in [3.8, 4) is 0 Å². The summed E-state index contributed by atoms with van der Waals surface area (Å²) in [7, 11) is 0. The van der Waals surface area contributed by atoms with Gasteiger partial charge in [-0.1, -0.05) is 30.3 Å². The minimum atomic E-state index is -0.844. The summed E-state index contributed by atoms with van der Waals surface area (Å²) in [4.78, 5) is 11.8. The van der Waals surface area contributed by atoms with Crippen LogP contribution in [0.3, 0.4) is 0 Å². The summed E-state index contributed by atoms with van der Waals surface area (Å²) < 4.78 is 12.1. The van der Waals surface area contributed by atoms with Gasteiger partial charge >= 0.3 is 5.97 Å². The van der Waals surface area contributed by atoms with Crippen LogP contribution < -0.4 is 0 Å². The van der Waals surface area contributed by atoms with E-state index in [1.54, 1.807) is 0 Å². The number of fused-ring (bicyclic) bond motifs is 2. The molecule has 2 bridgehead atoms. The molecule has 0 aromatic heterocycles. The molecular formula is C17H22O4. The van der Waals surface area contributed by atoms with Crippen LogP contribution in [0.25, 0.3) is 0 Å². The molecule has 1 aliphatic carbocycles. The lowest BCUT2D eigenvalue weighted by Crippen LogP contribution is -2.52. The number of carbonyl (C=O) groups is 1. The molecule has 114 valence electrons. The summed E-state index contributed by atoms with van der Waals surface area (Å²) >= 11 is 0. The molecule has 1 saturated heterocycles. The molecule has 1 saturated carbocycles. The van der Waals surface area contributed by atoms with Gasteiger partial charge in [-0.3, -0.25) is 4.79 Å². The Labute approximate surface area is 125 Å². The lowest BCUT2D eigenvalue weighted by atomic mass is 9.73. The number of ether oxygens (including phenoxy) is 2. The number of benzene rings is 1. The predicted octanol–water partition coefficient (Wildman–Crippen LogP) is 3.00. The summed E-state index contributed by atoms with van der Waals surface area (Å²) in [5.41, 5.74) is -0.924. The molecule has 0 spiro atoms. The average molecular weight is 290 g/mol. The first-order valence-electron chi connectivity index (χ1n) is 7.38. The predicted molar refractivity (Wildman–Crippen MR) is 77.9 cm³/mol. The topological polar surface area (TPSA) is 55.8 Å². The van der Waals surface area contributed by atoms with E-state index in [1.165, 1.54) is 0 Å². The van der Waals surface area contributed by atoms with E-state index in [0.717, 1.165) is 5.56 Å². The Kier molecular flexibility index (Phi) is 3.15. The molecule has 2 aliphatic rings. The van der Waals surface area contributed by atoms with Gasteiger partial charge in [-0.15, -0.1) is 0 Å². The SMILES string of the molecule is CC12CC(C(=O)O)(CC1OCc1ccccc1)C(C)(C)O2. The van der Waals surface area contributed by atoms with Crippen LogP contribution >= 0.6 is 0 Å². The van der Waals surface area contributed by atoms with Crippen LogP contribution in [0.1, 0.15) is 39.2 Å². The Balaban J connectivity index is 1.77. The van der Waals surface area contributed by atoms with E-state index in [1.807, 2.05) is 51.1 Å². The van der Waals surface area contributed by atoms with E-state index < -0.39 is 22.6 Å². The highest BCUT2D eigenvalue weighted by Gasteiger charge is 2.71. The highest BCUT2D eigenvalue weighted by atomic mass is 16.6. The Morgan fingerprint density at radius 3 is 2.57 bits per heavy atom. The zero-order chi connectivity index (χ0) is 15.3. The second-order valence-electron chi connectivity index (χ2n) is 6.98. The molecule has 1 heterocycles. The third-order valence-corrected chi connectivity index (χ3v) is 5.21. The van der Waals surface area contributed by atoms with E-state index in [4.69, 9.17) is 9.47 Å². The number of carboxylic acid groups (broad SMARTS) is 1. The largest absolute Gasteiger partial charge is 0.481 e. The van der Waals surface area contributed by atoms with Gasteiger partial charge in [-0.2, -0.15) is 0 Å². The van der Waals surface area contributed by atoms with Gasteiger partial charge in [0.25, 0.3) is 0 Å². The quantitative estimate of drug-likeness (QED) is 0.926. The van der Waals surface area contributed by atoms with E-state index in [9.17, 15) is 9.90 Å². The average Bonchev–Trinajstić information content (AvgIpc) is 2.82. The van der Waals surface area contributed by atoms with Crippen molar-refractivity contribution in [2.75, 3.05) is 0 Å². The van der Waals surface area contributed by atoms with Gasteiger partial charge in [0, 0.05) is 0 Å². The Hall–Kier alpha value is -1.39. The van der Waals surface area contributed by atoms with Crippen LogP contribution in [0.15, 0.2) is 30.3 Å². The monoisotopic (exact) mass is 290 g/mol. The van der Waals surface area contributed by atoms with E-state index >= 15 is 0 Å². The molecule has 0 radical (unpaired) electrons. The molecule has 1 aromatic carbocycles. The van der Waals surface area contributed by atoms with Gasteiger partial charge in [0.2, 0.25) is 0 Å². The minimum absolute atomic E-state index is 0.179. The molecular weight excluding hydrogens is 268 g/mol. The number of hydrogen-bond acceptors (Lipinski definition) is 3. The van der Waals surface area contributed by atoms with Crippen molar-refractivity contribution in [1.82, 2.24) is 0 Å². The normalized spacial score (nSPS) is 36.8. The first kappa shape index (κ1) is 14.5. The smallest absolute Gasteiger partial charge is 0.312 e. The Morgan fingerprint density at radius 1 is 1.33 bits per heavy atom. The van der Waals surface area contributed by atoms with Gasteiger partial charge < -0.3 is 14.6 Å². The van der Waals surface area contributed by atoms with E-state index in [2.05, 4.69) is 0 Å². The molecule has 1 aliphatic heterocycles. The molecule has 3 rings (SSSR count). The van der Waals surface area contributed by atoms with Crippen molar-refractivity contribution in [2.45, 2.75) is 57.5 Å². The fourth-order valence-electron chi connectivity index (χ4n) is 3.99. The second kappa shape index (κ2) is 4.55. The van der Waals surface area contributed by atoms with Crippen LogP contribution in [0, 0.1) is 5.41 Å². The molecule has 3 unspecified atom stereocenters. The molecule has 3 atom stereocenters. The summed E-state index contributed by atoms with van der Waals surface area (Å²) in [6.45, 7) is 6.21. The maximum absolute atomic E-state index is 11.8. The van der Waals surface area contributed by atoms with E-state index in [-0.39, 0.29) is 6.10 Å². The molecule has 0 amide bonds. The number of aliphatic carboxylic acids is 1. The molecule has 2 fully saturated rings. The van der Waals surface area contributed by atoms with Crippen LogP contribution in [0.5, 0.6) is 0 Å². The summed E-state index contributed by atoms with van der Waals surface area (Å²) in [5.74, 6) is -0.776. The standard InChI is InChI=1S/C17H22O4/c1-15(2)17(14(18)19)9-13(16(3,11-17)21-15)20-10-12-7-5-4-6-8-12/h4-8,13H,9-11H2,1-3H3,(H,18,19). The lowest BCUT2D eigenvalue weighted by Gasteiger charge is -2.43. The van der Waals surface area contributed by atoms with Crippen LogP contribution in [-0.4, -0.2) is 28.4 Å². The van der Waals surface area contributed by atoms with Crippen molar-refractivity contribution in [2.24, 2.45) is 5.41 Å². The van der Waals surface area contributed by atoms with Gasteiger partial charge in [-0.05, 0) is 39.2 Å².